The van der Waals surface area contributed by atoms with Crippen LogP contribution in [0.3, 0.4) is 0 Å². The zero-order valence-corrected chi connectivity index (χ0v) is 8.33. The predicted octanol–water partition coefficient (Wildman–Crippen LogP) is 1.68. The summed E-state index contributed by atoms with van der Waals surface area (Å²) in [6.07, 6.45) is 3.00. The van der Waals surface area contributed by atoms with Crippen molar-refractivity contribution in [3.63, 3.8) is 0 Å². The number of carbonyl (C=O) groups is 1. The molecule has 1 aromatic rings. The van der Waals surface area contributed by atoms with Crippen molar-refractivity contribution in [2.45, 2.75) is 6.92 Å². The Hall–Kier alpha value is -1.84. The Morgan fingerprint density at radius 2 is 2.33 bits per heavy atom. The minimum Gasteiger partial charge on any atom is -0.507 e. The van der Waals surface area contributed by atoms with Gasteiger partial charge in [0.25, 0.3) is 0 Å². The largest absolute Gasteiger partial charge is 0.507 e. The Balaban J connectivity index is 2.67. The first-order valence-corrected chi connectivity index (χ1v) is 4.49. The van der Waals surface area contributed by atoms with E-state index in [1.807, 2.05) is 0 Å². The van der Waals surface area contributed by atoms with Crippen LogP contribution in [-0.2, 0) is 4.79 Å². The molecule has 0 aliphatic carbocycles. The number of carbonyl (C=O) groups excluding carboxylic acids is 1. The Bertz CT molecular complexity index is 368. The maximum Gasteiger partial charge on any atom is 0.217 e. The van der Waals surface area contributed by atoms with Crippen LogP contribution in [0.2, 0.25) is 0 Å². The number of amides is 1. The molecule has 0 saturated carbocycles. The lowest BCUT2D eigenvalue weighted by Crippen LogP contribution is -2.19. The van der Waals surface area contributed by atoms with Crippen molar-refractivity contribution in [3.8, 4) is 5.75 Å². The number of rotatable bonds is 3. The van der Waals surface area contributed by atoms with Crippen molar-refractivity contribution < 1.29 is 14.3 Å². The highest BCUT2D eigenvalue weighted by atomic mass is 19.1. The van der Waals surface area contributed by atoms with Crippen molar-refractivity contribution in [3.05, 3.63) is 35.7 Å². The van der Waals surface area contributed by atoms with Gasteiger partial charge in [0.15, 0.2) is 0 Å². The van der Waals surface area contributed by atoms with Gasteiger partial charge in [0.1, 0.15) is 11.6 Å². The summed E-state index contributed by atoms with van der Waals surface area (Å²) in [6.45, 7) is 1.71. The van der Waals surface area contributed by atoms with Gasteiger partial charge in [-0.2, -0.15) is 0 Å². The number of hydrogen-bond donors (Lipinski definition) is 2. The summed E-state index contributed by atoms with van der Waals surface area (Å²) in [5.74, 6) is -0.763. The molecule has 0 aliphatic heterocycles. The molecule has 0 atom stereocenters. The van der Waals surface area contributed by atoms with E-state index in [0.29, 0.717) is 6.54 Å². The molecule has 15 heavy (non-hydrogen) atoms. The second-order valence-electron chi connectivity index (χ2n) is 3.01. The van der Waals surface area contributed by atoms with E-state index in [1.165, 1.54) is 31.2 Å². The second kappa shape index (κ2) is 5.14. The van der Waals surface area contributed by atoms with Gasteiger partial charge >= 0.3 is 0 Å². The SMILES string of the molecule is CC(=O)NCC=Cc1c(O)cccc1F. The van der Waals surface area contributed by atoms with E-state index >= 15 is 0 Å². The maximum atomic E-state index is 13.1. The van der Waals surface area contributed by atoms with Gasteiger partial charge in [-0.25, -0.2) is 4.39 Å². The summed E-state index contributed by atoms with van der Waals surface area (Å²) in [5.41, 5.74) is 0.128. The van der Waals surface area contributed by atoms with Gasteiger partial charge < -0.3 is 10.4 Å². The van der Waals surface area contributed by atoms with Crippen molar-refractivity contribution in [1.82, 2.24) is 5.32 Å². The van der Waals surface area contributed by atoms with Gasteiger partial charge in [0.05, 0.1) is 5.56 Å². The van der Waals surface area contributed by atoms with E-state index in [9.17, 15) is 14.3 Å². The number of nitrogens with one attached hydrogen (secondary N) is 1. The summed E-state index contributed by atoms with van der Waals surface area (Å²) < 4.78 is 13.1. The number of phenolic OH excluding ortho intramolecular Hbond substituents is 1. The molecule has 0 bridgehead atoms. The number of benzene rings is 1. The van der Waals surface area contributed by atoms with Crippen LogP contribution in [-0.4, -0.2) is 17.6 Å². The van der Waals surface area contributed by atoms with Gasteiger partial charge in [0.2, 0.25) is 5.91 Å². The smallest absolute Gasteiger partial charge is 0.217 e. The van der Waals surface area contributed by atoms with Crippen molar-refractivity contribution in [2.24, 2.45) is 0 Å². The average Bonchev–Trinajstić information content (AvgIpc) is 2.15. The lowest BCUT2D eigenvalue weighted by molar-refractivity contribution is -0.118. The molecule has 0 fully saturated rings. The molecule has 4 heteroatoms. The molecule has 1 aromatic carbocycles. The molecule has 0 aromatic heterocycles. The van der Waals surface area contributed by atoms with Gasteiger partial charge in [-0.3, -0.25) is 4.79 Å². The molecule has 1 amide bonds. The number of phenols is 1. The van der Waals surface area contributed by atoms with Crippen LogP contribution in [0.25, 0.3) is 6.08 Å². The molecule has 0 saturated heterocycles. The Kier molecular flexibility index (Phi) is 3.85. The minimum absolute atomic E-state index is 0.117. The zero-order chi connectivity index (χ0) is 11.3. The van der Waals surface area contributed by atoms with E-state index in [4.69, 9.17) is 0 Å². The number of aromatic hydroxyl groups is 1. The van der Waals surface area contributed by atoms with Gasteiger partial charge in [-0.15, -0.1) is 0 Å². The van der Waals surface area contributed by atoms with E-state index in [-0.39, 0.29) is 17.2 Å². The quantitative estimate of drug-likeness (QED) is 0.795. The van der Waals surface area contributed by atoms with Crippen LogP contribution in [0.1, 0.15) is 12.5 Å². The van der Waals surface area contributed by atoms with Crippen molar-refractivity contribution >= 4 is 12.0 Å². The molecule has 80 valence electrons. The van der Waals surface area contributed by atoms with E-state index in [0.717, 1.165) is 0 Å². The first-order valence-electron chi connectivity index (χ1n) is 4.49. The molecule has 0 heterocycles. The summed E-state index contributed by atoms with van der Waals surface area (Å²) >= 11 is 0. The van der Waals surface area contributed by atoms with Crippen LogP contribution < -0.4 is 5.32 Å². The maximum absolute atomic E-state index is 13.1. The van der Waals surface area contributed by atoms with Gasteiger partial charge in [0, 0.05) is 13.5 Å². The van der Waals surface area contributed by atoms with E-state index in [2.05, 4.69) is 5.32 Å². The van der Waals surface area contributed by atoms with Crippen LogP contribution in [0.5, 0.6) is 5.75 Å². The Morgan fingerprint density at radius 1 is 1.60 bits per heavy atom. The number of halogens is 1. The standard InChI is InChI=1S/C11H12FNO2/c1-8(14)13-7-3-4-9-10(12)5-2-6-11(9)15/h2-6,15H,7H2,1H3,(H,13,14). The highest BCUT2D eigenvalue weighted by molar-refractivity contribution is 5.73. The van der Waals surface area contributed by atoms with E-state index < -0.39 is 5.82 Å². The summed E-state index contributed by atoms with van der Waals surface area (Å²) in [6, 6.07) is 4.09. The van der Waals surface area contributed by atoms with Crippen LogP contribution in [0.4, 0.5) is 4.39 Å². The molecule has 3 nitrogen and oxygen atoms in total. The molecular formula is C11H12FNO2. The topological polar surface area (TPSA) is 49.3 Å². The predicted molar refractivity (Wildman–Crippen MR) is 55.8 cm³/mol. The first kappa shape index (κ1) is 11.2. The fourth-order valence-electron chi connectivity index (χ4n) is 1.07. The molecule has 0 radical (unpaired) electrons. The highest BCUT2D eigenvalue weighted by Gasteiger charge is 2.02. The van der Waals surface area contributed by atoms with Gasteiger partial charge in [-0.1, -0.05) is 18.2 Å². The minimum atomic E-state index is -0.492. The second-order valence-corrected chi connectivity index (χ2v) is 3.01. The van der Waals surface area contributed by atoms with Gasteiger partial charge in [-0.05, 0) is 12.1 Å². The normalized spacial score (nSPS) is 10.5. The molecule has 0 aliphatic rings. The zero-order valence-electron chi connectivity index (χ0n) is 8.33. The third-order valence-corrected chi connectivity index (χ3v) is 1.78. The van der Waals surface area contributed by atoms with Crippen LogP contribution in [0.15, 0.2) is 24.3 Å². The fraction of sp³-hybridized carbons (Fsp3) is 0.182. The molecule has 0 spiro atoms. The third-order valence-electron chi connectivity index (χ3n) is 1.78. The summed E-state index contributed by atoms with van der Waals surface area (Å²) in [4.78, 5) is 10.5. The van der Waals surface area contributed by atoms with E-state index in [1.54, 1.807) is 6.08 Å². The Labute approximate surface area is 87.2 Å². The summed E-state index contributed by atoms with van der Waals surface area (Å²) in [5, 5.41) is 11.8. The fourth-order valence-corrected chi connectivity index (χ4v) is 1.07. The average molecular weight is 209 g/mol. The molecule has 1 rings (SSSR count). The lowest BCUT2D eigenvalue weighted by Gasteiger charge is -2.00. The first-order chi connectivity index (χ1) is 7.11. The number of hydrogen-bond acceptors (Lipinski definition) is 2. The Morgan fingerprint density at radius 3 is 2.93 bits per heavy atom. The highest BCUT2D eigenvalue weighted by Crippen LogP contribution is 2.20. The summed E-state index contributed by atoms with van der Waals surface area (Å²) in [7, 11) is 0. The van der Waals surface area contributed by atoms with Crippen molar-refractivity contribution in [2.75, 3.05) is 6.54 Å². The molecular weight excluding hydrogens is 197 g/mol. The molecule has 2 N–H and O–H groups in total. The van der Waals surface area contributed by atoms with Crippen LogP contribution >= 0.6 is 0 Å². The monoisotopic (exact) mass is 209 g/mol. The van der Waals surface area contributed by atoms with Crippen LogP contribution in [0, 0.1) is 5.82 Å². The lowest BCUT2D eigenvalue weighted by atomic mass is 10.2. The molecule has 0 unspecified atom stereocenters. The third kappa shape index (κ3) is 3.42. The van der Waals surface area contributed by atoms with Crippen molar-refractivity contribution in [1.29, 1.82) is 0 Å².